The fraction of sp³-hybridized carbons (Fsp3) is 0.231. The molecule has 0 N–H and O–H groups in total. The summed E-state index contributed by atoms with van der Waals surface area (Å²) in [6.07, 6.45) is 1.28. The van der Waals surface area contributed by atoms with Crippen molar-refractivity contribution in [2.45, 2.75) is 6.92 Å². The molecule has 1 aliphatic rings. The Bertz CT molecular complexity index is 1370. The average Bonchev–Trinajstić information content (AvgIpc) is 3.15. The van der Waals surface area contributed by atoms with Crippen LogP contribution in [0, 0.1) is 17.0 Å². The maximum atomic E-state index is 13.9. The molecular weight excluding hydrogens is 430 g/mol. The summed E-state index contributed by atoms with van der Waals surface area (Å²) in [6.45, 7) is 4.36. The molecule has 0 radical (unpaired) electrons. The highest BCUT2D eigenvalue weighted by molar-refractivity contribution is 6.13. The molecular formula is C26H25N5O3. The molecule has 1 amide bonds. The third-order valence-electron chi connectivity index (χ3n) is 6.45. The van der Waals surface area contributed by atoms with Gasteiger partial charge in [-0.3, -0.25) is 14.9 Å². The van der Waals surface area contributed by atoms with E-state index in [1.165, 1.54) is 12.3 Å². The maximum absolute atomic E-state index is 13.9. The molecule has 1 aliphatic heterocycles. The summed E-state index contributed by atoms with van der Waals surface area (Å²) in [5.41, 5.74) is 4.77. The Kier molecular flexibility index (Phi) is 5.49. The van der Waals surface area contributed by atoms with Crippen molar-refractivity contribution in [1.82, 2.24) is 14.5 Å². The number of carbonyl (C=O) groups excluding carboxylic acids is 1. The number of fused-ring (bicyclic) bond motifs is 1. The first-order valence-corrected chi connectivity index (χ1v) is 11.2. The number of benzene rings is 2. The van der Waals surface area contributed by atoms with Gasteiger partial charge in [-0.05, 0) is 30.7 Å². The third-order valence-corrected chi connectivity index (χ3v) is 6.45. The number of carbonyl (C=O) groups is 1. The van der Waals surface area contributed by atoms with Gasteiger partial charge in [0.05, 0.1) is 16.2 Å². The summed E-state index contributed by atoms with van der Waals surface area (Å²) >= 11 is 0. The summed E-state index contributed by atoms with van der Waals surface area (Å²) < 4.78 is 2.11. The van der Waals surface area contributed by atoms with Crippen molar-refractivity contribution < 1.29 is 9.72 Å². The smallest absolute Gasteiger partial charge is 0.287 e. The van der Waals surface area contributed by atoms with Gasteiger partial charge in [-0.1, -0.05) is 42.0 Å². The Labute approximate surface area is 197 Å². The minimum atomic E-state index is -0.455. The predicted molar refractivity (Wildman–Crippen MR) is 132 cm³/mol. The van der Waals surface area contributed by atoms with Crippen LogP contribution < -0.4 is 4.90 Å². The number of anilines is 1. The van der Waals surface area contributed by atoms with E-state index in [-0.39, 0.29) is 11.6 Å². The summed E-state index contributed by atoms with van der Waals surface area (Å²) in [5, 5.41) is 11.9. The molecule has 0 atom stereocenters. The standard InChI is InChI=1S/C26H25N5O3/c1-18-8-10-22-21(16-18)24(25(28(22)2)19-6-4-3-5-7-19)26(32)30-14-12-29(13-15-30)23-11-9-20(17-27-23)31(33)34/h3-11,16-17H,12-15H2,1-2H3. The van der Waals surface area contributed by atoms with E-state index in [1.54, 1.807) is 6.07 Å². The number of aromatic nitrogens is 2. The second-order valence-electron chi connectivity index (χ2n) is 8.58. The quantitative estimate of drug-likeness (QED) is 0.336. The van der Waals surface area contributed by atoms with Crippen LogP contribution in [0.1, 0.15) is 15.9 Å². The van der Waals surface area contributed by atoms with Gasteiger partial charge in [0, 0.05) is 50.2 Å². The van der Waals surface area contributed by atoms with Crippen LogP contribution in [-0.4, -0.2) is 51.5 Å². The number of nitro groups is 1. The van der Waals surface area contributed by atoms with Crippen LogP contribution in [0.25, 0.3) is 22.2 Å². The number of nitrogens with zero attached hydrogens (tertiary/aromatic N) is 5. The zero-order chi connectivity index (χ0) is 23.8. The van der Waals surface area contributed by atoms with Crippen molar-refractivity contribution in [1.29, 1.82) is 0 Å². The van der Waals surface area contributed by atoms with Crippen molar-refractivity contribution in [2.24, 2.45) is 7.05 Å². The van der Waals surface area contributed by atoms with Crippen molar-refractivity contribution in [3.8, 4) is 11.3 Å². The molecule has 0 aliphatic carbocycles. The normalized spacial score (nSPS) is 13.9. The number of aryl methyl sites for hydroxylation is 2. The van der Waals surface area contributed by atoms with Crippen LogP contribution in [0.4, 0.5) is 11.5 Å². The van der Waals surface area contributed by atoms with E-state index in [1.807, 2.05) is 49.2 Å². The lowest BCUT2D eigenvalue weighted by Crippen LogP contribution is -2.49. The second-order valence-corrected chi connectivity index (χ2v) is 8.58. The van der Waals surface area contributed by atoms with Gasteiger partial charge in [0.2, 0.25) is 0 Å². The molecule has 34 heavy (non-hydrogen) atoms. The SMILES string of the molecule is Cc1ccc2c(c1)c(C(=O)N1CCN(c3ccc([N+](=O)[O-])cn3)CC1)c(-c1ccccc1)n2C. The fourth-order valence-electron chi connectivity index (χ4n) is 4.68. The van der Waals surface area contributed by atoms with Crippen LogP contribution in [0.3, 0.4) is 0 Å². The molecule has 2 aromatic carbocycles. The van der Waals surface area contributed by atoms with E-state index in [9.17, 15) is 14.9 Å². The summed E-state index contributed by atoms with van der Waals surface area (Å²) in [5.74, 6) is 0.704. The molecule has 8 heteroatoms. The first-order valence-electron chi connectivity index (χ1n) is 11.2. The highest BCUT2D eigenvalue weighted by atomic mass is 16.6. The first-order chi connectivity index (χ1) is 16.4. The van der Waals surface area contributed by atoms with Crippen molar-refractivity contribution >= 4 is 28.3 Å². The molecule has 0 spiro atoms. The van der Waals surface area contributed by atoms with E-state index in [0.29, 0.717) is 32.0 Å². The summed E-state index contributed by atoms with van der Waals surface area (Å²) in [7, 11) is 2.01. The number of hydrogen-bond acceptors (Lipinski definition) is 5. The topological polar surface area (TPSA) is 84.5 Å². The molecule has 0 bridgehead atoms. The molecule has 0 saturated carbocycles. The number of hydrogen-bond donors (Lipinski definition) is 0. The Morgan fingerprint density at radius 3 is 2.38 bits per heavy atom. The van der Waals surface area contributed by atoms with Crippen molar-refractivity contribution in [2.75, 3.05) is 31.1 Å². The van der Waals surface area contributed by atoms with Gasteiger partial charge in [0.15, 0.2) is 0 Å². The zero-order valence-corrected chi connectivity index (χ0v) is 19.1. The zero-order valence-electron chi connectivity index (χ0n) is 19.1. The second kappa shape index (κ2) is 8.62. The van der Waals surface area contributed by atoms with E-state index in [0.717, 1.165) is 33.3 Å². The Balaban J connectivity index is 1.45. The van der Waals surface area contributed by atoms with Crippen LogP contribution in [0.2, 0.25) is 0 Å². The molecule has 8 nitrogen and oxygen atoms in total. The lowest BCUT2D eigenvalue weighted by atomic mass is 10.0. The lowest BCUT2D eigenvalue weighted by molar-refractivity contribution is -0.385. The van der Waals surface area contributed by atoms with Gasteiger partial charge in [-0.25, -0.2) is 4.98 Å². The molecule has 1 fully saturated rings. The van der Waals surface area contributed by atoms with Gasteiger partial charge in [0.1, 0.15) is 12.0 Å². The van der Waals surface area contributed by atoms with Gasteiger partial charge < -0.3 is 14.4 Å². The highest BCUT2D eigenvalue weighted by Crippen LogP contribution is 2.35. The van der Waals surface area contributed by atoms with E-state index in [4.69, 9.17) is 0 Å². The maximum Gasteiger partial charge on any atom is 0.287 e. The molecule has 5 rings (SSSR count). The Morgan fingerprint density at radius 1 is 1.00 bits per heavy atom. The molecule has 0 unspecified atom stereocenters. The van der Waals surface area contributed by atoms with Gasteiger partial charge >= 0.3 is 0 Å². The minimum absolute atomic E-state index is 0.0198. The van der Waals surface area contributed by atoms with E-state index >= 15 is 0 Å². The number of piperazine rings is 1. The van der Waals surface area contributed by atoms with Gasteiger partial charge in [0.25, 0.3) is 11.6 Å². The summed E-state index contributed by atoms with van der Waals surface area (Å²) in [6, 6.07) is 19.4. The molecule has 2 aromatic heterocycles. The van der Waals surface area contributed by atoms with E-state index in [2.05, 4.69) is 32.7 Å². The Hall–Kier alpha value is -4.20. The summed E-state index contributed by atoms with van der Waals surface area (Å²) in [4.78, 5) is 32.5. The third kappa shape index (κ3) is 3.77. The molecule has 172 valence electrons. The average molecular weight is 456 g/mol. The van der Waals surface area contributed by atoms with Crippen molar-refractivity contribution in [3.63, 3.8) is 0 Å². The van der Waals surface area contributed by atoms with Crippen LogP contribution in [-0.2, 0) is 7.05 Å². The largest absolute Gasteiger partial charge is 0.353 e. The fourth-order valence-corrected chi connectivity index (χ4v) is 4.68. The first kappa shape index (κ1) is 21.6. The molecule has 4 aromatic rings. The number of pyridine rings is 1. The van der Waals surface area contributed by atoms with Crippen LogP contribution in [0.5, 0.6) is 0 Å². The van der Waals surface area contributed by atoms with Crippen molar-refractivity contribution in [3.05, 3.63) is 88.1 Å². The highest BCUT2D eigenvalue weighted by Gasteiger charge is 2.29. The van der Waals surface area contributed by atoms with Gasteiger partial charge in [-0.15, -0.1) is 0 Å². The molecule has 3 heterocycles. The van der Waals surface area contributed by atoms with E-state index < -0.39 is 4.92 Å². The van der Waals surface area contributed by atoms with Crippen LogP contribution >= 0.6 is 0 Å². The Morgan fingerprint density at radius 2 is 1.74 bits per heavy atom. The minimum Gasteiger partial charge on any atom is -0.353 e. The number of rotatable bonds is 4. The molecule has 1 saturated heterocycles. The monoisotopic (exact) mass is 455 g/mol. The lowest BCUT2D eigenvalue weighted by Gasteiger charge is -2.35. The predicted octanol–water partition coefficient (Wildman–Crippen LogP) is 4.42. The van der Waals surface area contributed by atoms with Crippen LogP contribution in [0.15, 0.2) is 66.9 Å². The van der Waals surface area contributed by atoms with Gasteiger partial charge in [-0.2, -0.15) is 0 Å². The number of amides is 1.